The molecule has 2 fully saturated rings. The van der Waals surface area contributed by atoms with Crippen LogP contribution in [0, 0.1) is 11.8 Å². The molecule has 25 heavy (non-hydrogen) atoms. The van der Waals surface area contributed by atoms with Gasteiger partial charge in [0.15, 0.2) is 0 Å². The average Bonchev–Trinajstić information content (AvgIpc) is 3.44. The zero-order valence-electron chi connectivity index (χ0n) is 14.8. The van der Waals surface area contributed by atoms with Gasteiger partial charge >= 0.3 is 0 Å². The molecular weight excluding hydrogens is 318 g/mol. The lowest BCUT2D eigenvalue weighted by molar-refractivity contribution is -0.125. The fourth-order valence-electron chi connectivity index (χ4n) is 3.24. The Labute approximate surface area is 148 Å². The number of aryl methyl sites for hydroxylation is 1. The van der Waals surface area contributed by atoms with Crippen molar-refractivity contribution in [1.82, 2.24) is 10.2 Å². The van der Waals surface area contributed by atoms with Crippen molar-refractivity contribution in [2.75, 3.05) is 44.7 Å². The minimum Gasteiger partial charge on any atom is -0.379 e. The maximum absolute atomic E-state index is 12.4. The molecule has 6 nitrogen and oxygen atoms in total. The van der Waals surface area contributed by atoms with E-state index in [4.69, 9.17) is 4.74 Å². The van der Waals surface area contributed by atoms with Crippen LogP contribution in [0.2, 0.25) is 0 Å². The van der Waals surface area contributed by atoms with Crippen molar-refractivity contribution in [2.24, 2.45) is 11.8 Å². The average molecular weight is 345 g/mol. The van der Waals surface area contributed by atoms with Crippen molar-refractivity contribution in [3.63, 3.8) is 0 Å². The fraction of sp³-hybridized carbons (Fsp3) is 0.579. The number of hydrogen-bond donors (Lipinski definition) is 2. The van der Waals surface area contributed by atoms with Crippen molar-refractivity contribution in [3.05, 3.63) is 29.8 Å². The molecule has 0 radical (unpaired) electrons. The topological polar surface area (TPSA) is 70.7 Å². The van der Waals surface area contributed by atoms with Gasteiger partial charge in [0, 0.05) is 31.9 Å². The minimum atomic E-state index is -0.201. The first-order chi connectivity index (χ1) is 12.2. The molecule has 6 heteroatoms. The second kappa shape index (κ2) is 8.45. The number of hydrogen-bond acceptors (Lipinski definition) is 4. The number of benzene rings is 1. The van der Waals surface area contributed by atoms with Gasteiger partial charge in [-0.1, -0.05) is 25.1 Å². The summed E-state index contributed by atoms with van der Waals surface area (Å²) < 4.78 is 5.31. The van der Waals surface area contributed by atoms with E-state index in [0.717, 1.165) is 50.5 Å². The molecule has 1 aliphatic heterocycles. The molecule has 2 amide bonds. The highest BCUT2D eigenvalue weighted by molar-refractivity contribution is 5.99. The first-order valence-electron chi connectivity index (χ1n) is 9.15. The summed E-state index contributed by atoms with van der Waals surface area (Å²) in [6.45, 7) is 6.89. The molecule has 0 aromatic heterocycles. The van der Waals surface area contributed by atoms with Gasteiger partial charge in [-0.2, -0.15) is 0 Å². The molecule has 3 rings (SSSR count). The van der Waals surface area contributed by atoms with E-state index in [1.54, 1.807) is 0 Å². The Kier molecular flexibility index (Phi) is 6.04. The summed E-state index contributed by atoms with van der Waals surface area (Å²) in [5, 5.41) is 5.94. The third-order valence-corrected chi connectivity index (χ3v) is 4.95. The molecule has 136 valence electrons. The van der Waals surface area contributed by atoms with Gasteiger partial charge in [-0.3, -0.25) is 14.5 Å². The third-order valence-electron chi connectivity index (χ3n) is 4.95. The van der Waals surface area contributed by atoms with Crippen LogP contribution in [-0.2, 0) is 20.7 Å². The summed E-state index contributed by atoms with van der Waals surface area (Å²) in [4.78, 5) is 26.8. The van der Waals surface area contributed by atoms with Crippen molar-refractivity contribution in [2.45, 2.75) is 19.8 Å². The van der Waals surface area contributed by atoms with Crippen LogP contribution < -0.4 is 10.6 Å². The van der Waals surface area contributed by atoms with Gasteiger partial charge in [-0.25, -0.2) is 0 Å². The van der Waals surface area contributed by atoms with Gasteiger partial charge in [-0.15, -0.1) is 0 Å². The Balaban J connectivity index is 1.40. The van der Waals surface area contributed by atoms with Crippen LogP contribution in [0.5, 0.6) is 0 Å². The predicted octanol–water partition coefficient (Wildman–Crippen LogP) is 1.27. The number of nitrogens with zero attached hydrogens (tertiary/aromatic N) is 1. The van der Waals surface area contributed by atoms with Crippen LogP contribution in [0.3, 0.4) is 0 Å². The zero-order valence-corrected chi connectivity index (χ0v) is 14.8. The van der Waals surface area contributed by atoms with E-state index in [1.165, 1.54) is 0 Å². The van der Waals surface area contributed by atoms with E-state index in [2.05, 4.69) is 22.5 Å². The molecule has 1 aliphatic carbocycles. The van der Waals surface area contributed by atoms with Crippen LogP contribution in [0.25, 0.3) is 0 Å². The largest absolute Gasteiger partial charge is 0.379 e. The van der Waals surface area contributed by atoms with E-state index in [9.17, 15) is 9.59 Å². The maximum atomic E-state index is 12.4. The number of carbonyl (C=O) groups excluding carboxylic acids is 2. The van der Waals surface area contributed by atoms with E-state index in [-0.39, 0.29) is 23.7 Å². The Hall–Kier alpha value is -1.92. The van der Waals surface area contributed by atoms with E-state index >= 15 is 0 Å². The first kappa shape index (κ1) is 17.9. The van der Waals surface area contributed by atoms with E-state index in [1.807, 2.05) is 24.3 Å². The third kappa shape index (κ3) is 4.80. The first-order valence-corrected chi connectivity index (χ1v) is 9.15. The Bertz CT molecular complexity index is 614. The summed E-state index contributed by atoms with van der Waals surface area (Å²) >= 11 is 0. The Morgan fingerprint density at radius 3 is 2.64 bits per heavy atom. The number of anilines is 1. The van der Waals surface area contributed by atoms with Gasteiger partial charge in [0.25, 0.3) is 0 Å². The lowest BCUT2D eigenvalue weighted by atomic mass is 10.1. The van der Waals surface area contributed by atoms with E-state index < -0.39 is 0 Å². The second-order valence-electron chi connectivity index (χ2n) is 6.69. The number of nitrogens with one attached hydrogen (secondary N) is 2. The quantitative estimate of drug-likeness (QED) is 0.781. The number of ether oxygens (including phenoxy) is 1. The SMILES string of the molecule is CCc1ccccc1NC(=O)C1CC1C(=O)NCCN1CCOCC1. The van der Waals surface area contributed by atoms with E-state index in [0.29, 0.717) is 13.0 Å². The normalized spacial score (nSPS) is 23.1. The lowest BCUT2D eigenvalue weighted by Crippen LogP contribution is -2.41. The molecule has 1 aromatic rings. The molecule has 1 saturated carbocycles. The van der Waals surface area contributed by atoms with Gasteiger partial charge in [0.2, 0.25) is 11.8 Å². The van der Waals surface area contributed by atoms with Gasteiger partial charge < -0.3 is 15.4 Å². The van der Waals surface area contributed by atoms with Crippen molar-refractivity contribution in [3.8, 4) is 0 Å². The van der Waals surface area contributed by atoms with Crippen LogP contribution in [0.4, 0.5) is 5.69 Å². The highest BCUT2D eigenvalue weighted by Gasteiger charge is 2.47. The molecule has 2 atom stereocenters. The number of para-hydroxylation sites is 1. The monoisotopic (exact) mass is 345 g/mol. The summed E-state index contributed by atoms with van der Waals surface area (Å²) in [7, 11) is 0. The summed E-state index contributed by atoms with van der Waals surface area (Å²) in [6.07, 6.45) is 1.51. The summed E-state index contributed by atoms with van der Waals surface area (Å²) in [5.74, 6) is -0.432. The number of rotatable bonds is 7. The van der Waals surface area contributed by atoms with Crippen molar-refractivity contribution in [1.29, 1.82) is 0 Å². The van der Waals surface area contributed by atoms with Crippen LogP contribution >= 0.6 is 0 Å². The zero-order chi connectivity index (χ0) is 17.6. The van der Waals surface area contributed by atoms with Crippen LogP contribution in [-0.4, -0.2) is 56.1 Å². The predicted molar refractivity (Wildman–Crippen MR) is 96.3 cm³/mol. The summed E-state index contributed by atoms with van der Waals surface area (Å²) in [5.41, 5.74) is 1.97. The van der Waals surface area contributed by atoms with Crippen LogP contribution in [0.1, 0.15) is 18.9 Å². The highest BCUT2D eigenvalue weighted by atomic mass is 16.5. The van der Waals surface area contributed by atoms with Gasteiger partial charge in [0.05, 0.1) is 25.0 Å². The Morgan fingerprint density at radius 2 is 1.88 bits per heavy atom. The second-order valence-corrected chi connectivity index (χ2v) is 6.69. The number of amides is 2. The lowest BCUT2D eigenvalue weighted by Gasteiger charge is -2.26. The smallest absolute Gasteiger partial charge is 0.228 e. The molecule has 0 bridgehead atoms. The molecule has 1 aromatic carbocycles. The number of morpholine rings is 1. The minimum absolute atomic E-state index is 0.00261. The molecular formula is C19H27N3O3. The molecule has 2 aliphatic rings. The summed E-state index contributed by atoms with van der Waals surface area (Å²) in [6, 6.07) is 7.81. The van der Waals surface area contributed by atoms with Crippen molar-refractivity contribution >= 4 is 17.5 Å². The van der Waals surface area contributed by atoms with Gasteiger partial charge in [-0.05, 0) is 24.5 Å². The molecule has 2 N–H and O–H groups in total. The standard InChI is InChI=1S/C19H27N3O3/c1-2-14-5-3-4-6-17(14)21-19(24)16-13-15(16)18(23)20-7-8-22-9-11-25-12-10-22/h3-6,15-16H,2,7-13H2,1H3,(H,20,23)(H,21,24). The number of carbonyl (C=O) groups is 2. The molecule has 2 unspecified atom stereocenters. The highest BCUT2D eigenvalue weighted by Crippen LogP contribution is 2.39. The molecule has 0 spiro atoms. The fourth-order valence-corrected chi connectivity index (χ4v) is 3.24. The Morgan fingerprint density at radius 1 is 1.16 bits per heavy atom. The molecule has 1 heterocycles. The maximum Gasteiger partial charge on any atom is 0.228 e. The van der Waals surface area contributed by atoms with Gasteiger partial charge in [0.1, 0.15) is 0 Å². The van der Waals surface area contributed by atoms with Crippen LogP contribution in [0.15, 0.2) is 24.3 Å². The van der Waals surface area contributed by atoms with Crippen molar-refractivity contribution < 1.29 is 14.3 Å². The molecule has 1 saturated heterocycles.